The van der Waals surface area contributed by atoms with Gasteiger partial charge < -0.3 is 10.5 Å². The van der Waals surface area contributed by atoms with E-state index >= 15 is 0 Å². The maximum absolute atomic E-state index is 13.5. The number of ether oxygens (including phenoxy) is 1. The monoisotopic (exact) mass is 415 g/mol. The minimum atomic E-state index is -0.353. The van der Waals surface area contributed by atoms with Gasteiger partial charge in [0, 0.05) is 12.1 Å². The maximum Gasteiger partial charge on any atom is 0.141 e. The smallest absolute Gasteiger partial charge is 0.141 e. The van der Waals surface area contributed by atoms with E-state index in [-0.39, 0.29) is 11.9 Å². The summed E-state index contributed by atoms with van der Waals surface area (Å²) in [4.78, 5) is 0. The van der Waals surface area contributed by atoms with Crippen molar-refractivity contribution in [3.63, 3.8) is 0 Å². The molecule has 112 valence electrons. The van der Waals surface area contributed by atoms with E-state index in [9.17, 15) is 4.39 Å². The summed E-state index contributed by atoms with van der Waals surface area (Å²) in [7, 11) is 0. The van der Waals surface area contributed by atoms with E-state index in [4.69, 9.17) is 10.5 Å². The van der Waals surface area contributed by atoms with Crippen molar-refractivity contribution in [2.24, 2.45) is 5.73 Å². The van der Waals surface area contributed by atoms with Gasteiger partial charge in [-0.15, -0.1) is 0 Å². The molecule has 2 rings (SSSR count). The molecule has 0 saturated heterocycles. The molecule has 0 radical (unpaired) electrons. The van der Waals surface area contributed by atoms with Crippen molar-refractivity contribution in [1.82, 2.24) is 0 Å². The molecule has 2 N–H and O–H groups in total. The predicted molar refractivity (Wildman–Crippen MR) is 90.3 cm³/mol. The standard InChI is InChI=1S/C16H16Br2FNO/c1-2-11(20)7-10-3-6-16(14(18)8-10)21-12-4-5-13(17)15(19)9-12/h3-6,8-9,11H,2,7,20H2,1H3. The fraction of sp³-hybridized carbons (Fsp3) is 0.250. The molecular formula is C16H16Br2FNO. The van der Waals surface area contributed by atoms with Crippen LogP contribution in [0.1, 0.15) is 18.9 Å². The molecule has 0 aliphatic rings. The van der Waals surface area contributed by atoms with Crippen molar-refractivity contribution in [3.8, 4) is 11.5 Å². The van der Waals surface area contributed by atoms with Crippen LogP contribution >= 0.6 is 31.9 Å². The van der Waals surface area contributed by atoms with Gasteiger partial charge in [-0.1, -0.05) is 13.0 Å². The number of nitrogens with two attached hydrogens (primary N) is 1. The Kier molecular flexibility index (Phi) is 5.79. The van der Waals surface area contributed by atoms with Crippen LogP contribution in [0.5, 0.6) is 11.5 Å². The van der Waals surface area contributed by atoms with Crippen LogP contribution in [0.4, 0.5) is 4.39 Å². The van der Waals surface area contributed by atoms with Crippen molar-refractivity contribution in [1.29, 1.82) is 0 Å². The van der Waals surface area contributed by atoms with E-state index in [0.29, 0.717) is 16.0 Å². The first-order valence-corrected chi connectivity index (χ1v) is 8.25. The van der Waals surface area contributed by atoms with Gasteiger partial charge in [-0.3, -0.25) is 0 Å². The third-order valence-corrected chi connectivity index (χ3v) is 4.40. The Balaban J connectivity index is 2.15. The lowest BCUT2D eigenvalue weighted by atomic mass is 10.0. The molecule has 0 aliphatic carbocycles. The Labute approximate surface area is 140 Å². The van der Waals surface area contributed by atoms with E-state index in [1.807, 2.05) is 18.2 Å². The molecular weight excluding hydrogens is 401 g/mol. The molecule has 0 fully saturated rings. The molecule has 2 nitrogen and oxygen atoms in total. The van der Waals surface area contributed by atoms with Gasteiger partial charge in [-0.2, -0.15) is 0 Å². The first kappa shape index (κ1) is 16.5. The maximum atomic E-state index is 13.5. The fourth-order valence-electron chi connectivity index (χ4n) is 1.87. The lowest BCUT2D eigenvalue weighted by molar-refractivity contribution is 0.473. The summed E-state index contributed by atoms with van der Waals surface area (Å²) in [5.41, 5.74) is 7.10. The van der Waals surface area contributed by atoms with Crippen LogP contribution < -0.4 is 10.5 Å². The zero-order valence-electron chi connectivity index (χ0n) is 11.6. The first-order chi connectivity index (χ1) is 9.99. The molecule has 1 unspecified atom stereocenters. The summed E-state index contributed by atoms with van der Waals surface area (Å²) in [5.74, 6) is 0.745. The summed E-state index contributed by atoms with van der Waals surface area (Å²) in [5, 5.41) is 0. The van der Waals surface area contributed by atoms with Crippen LogP contribution in [-0.4, -0.2) is 6.04 Å². The summed E-state index contributed by atoms with van der Waals surface area (Å²) in [6, 6.07) is 10.7. The van der Waals surface area contributed by atoms with Gasteiger partial charge in [0.25, 0.3) is 0 Å². The molecule has 0 heterocycles. The van der Waals surface area contributed by atoms with Crippen molar-refractivity contribution in [2.75, 3.05) is 0 Å². The normalized spacial score (nSPS) is 12.2. The zero-order chi connectivity index (χ0) is 15.4. The Morgan fingerprint density at radius 3 is 2.52 bits per heavy atom. The van der Waals surface area contributed by atoms with Gasteiger partial charge >= 0.3 is 0 Å². The summed E-state index contributed by atoms with van der Waals surface area (Å²) in [6.45, 7) is 2.07. The van der Waals surface area contributed by atoms with Gasteiger partial charge in [0.05, 0.1) is 8.95 Å². The highest BCUT2D eigenvalue weighted by atomic mass is 79.9. The summed E-state index contributed by atoms with van der Waals surface area (Å²) >= 11 is 6.60. The molecule has 0 amide bonds. The van der Waals surface area contributed by atoms with Crippen molar-refractivity contribution in [3.05, 3.63) is 56.7 Å². The quantitative estimate of drug-likeness (QED) is 0.705. The SMILES string of the molecule is CCC(N)Cc1ccc(Oc2ccc(Br)c(F)c2)c(Br)c1. The first-order valence-electron chi connectivity index (χ1n) is 6.66. The Morgan fingerprint density at radius 2 is 1.90 bits per heavy atom. The number of rotatable bonds is 5. The second kappa shape index (κ2) is 7.38. The van der Waals surface area contributed by atoms with Crippen LogP contribution in [0.2, 0.25) is 0 Å². The topological polar surface area (TPSA) is 35.2 Å². The average molecular weight is 417 g/mol. The van der Waals surface area contributed by atoms with Gasteiger partial charge in [0.1, 0.15) is 17.3 Å². The predicted octanol–water partition coefficient (Wildman–Crippen LogP) is 5.42. The molecule has 0 spiro atoms. The molecule has 0 bridgehead atoms. The Hall–Kier alpha value is -0.910. The van der Waals surface area contributed by atoms with Crippen LogP contribution in [0.15, 0.2) is 45.3 Å². The highest BCUT2D eigenvalue weighted by Gasteiger charge is 2.08. The van der Waals surface area contributed by atoms with Crippen molar-refractivity contribution in [2.45, 2.75) is 25.8 Å². The summed E-state index contributed by atoms with van der Waals surface area (Å²) < 4.78 is 20.4. The number of benzene rings is 2. The van der Waals surface area contributed by atoms with E-state index in [2.05, 4.69) is 38.8 Å². The second-order valence-electron chi connectivity index (χ2n) is 4.82. The molecule has 2 aromatic rings. The van der Waals surface area contributed by atoms with E-state index in [1.165, 1.54) is 6.07 Å². The fourth-order valence-corrected chi connectivity index (χ4v) is 2.62. The van der Waals surface area contributed by atoms with Crippen LogP contribution in [0.25, 0.3) is 0 Å². The number of hydrogen-bond acceptors (Lipinski definition) is 2. The third kappa shape index (κ3) is 4.53. The van der Waals surface area contributed by atoms with Gasteiger partial charge in [0.2, 0.25) is 0 Å². The van der Waals surface area contributed by atoms with Crippen molar-refractivity contribution < 1.29 is 9.13 Å². The highest BCUT2D eigenvalue weighted by molar-refractivity contribution is 9.10. The molecule has 5 heteroatoms. The van der Waals surface area contributed by atoms with Crippen LogP contribution in [0, 0.1) is 5.82 Å². The minimum Gasteiger partial charge on any atom is -0.456 e. The Morgan fingerprint density at radius 1 is 1.14 bits per heavy atom. The molecule has 1 atom stereocenters. The van der Waals surface area contributed by atoms with E-state index < -0.39 is 0 Å². The summed E-state index contributed by atoms with van der Waals surface area (Å²) in [6.07, 6.45) is 1.76. The molecule has 0 aromatic heterocycles. The lowest BCUT2D eigenvalue weighted by Gasteiger charge is -2.12. The molecule has 0 saturated carbocycles. The third-order valence-electron chi connectivity index (χ3n) is 3.14. The van der Waals surface area contributed by atoms with Crippen LogP contribution in [0.3, 0.4) is 0 Å². The molecule has 0 aliphatic heterocycles. The largest absolute Gasteiger partial charge is 0.456 e. The highest BCUT2D eigenvalue weighted by Crippen LogP contribution is 2.32. The van der Waals surface area contributed by atoms with Gasteiger partial charge in [-0.25, -0.2) is 4.39 Å². The molecule has 2 aromatic carbocycles. The van der Waals surface area contributed by atoms with E-state index in [1.54, 1.807) is 12.1 Å². The zero-order valence-corrected chi connectivity index (χ0v) is 14.7. The van der Waals surface area contributed by atoms with Gasteiger partial charge in [0.15, 0.2) is 0 Å². The molecule has 21 heavy (non-hydrogen) atoms. The lowest BCUT2D eigenvalue weighted by Crippen LogP contribution is -2.21. The average Bonchev–Trinajstić information content (AvgIpc) is 2.45. The van der Waals surface area contributed by atoms with Crippen LogP contribution in [-0.2, 0) is 6.42 Å². The number of hydrogen-bond donors (Lipinski definition) is 1. The number of halogens is 3. The van der Waals surface area contributed by atoms with Crippen molar-refractivity contribution >= 4 is 31.9 Å². The van der Waals surface area contributed by atoms with E-state index in [0.717, 1.165) is 22.9 Å². The minimum absolute atomic E-state index is 0.157. The Bertz CT molecular complexity index is 634. The second-order valence-corrected chi connectivity index (χ2v) is 6.52. The van der Waals surface area contributed by atoms with Gasteiger partial charge in [-0.05, 0) is 74.5 Å².